The first-order valence-electron chi connectivity index (χ1n) is 6.41. The van der Waals surface area contributed by atoms with Crippen LogP contribution in [0.15, 0.2) is 45.9 Å². The number of hydrogen-bond acceptors (Lipinski definition) is 4. The molecular weight excluding hydrogens is 288 g/mol. The van der Waals surface area contributed by atoms with Crippen molar-refractivity contribution in [2.45, 2.75) is 13.0 Å². The normalized spacial score (nSPS) is 10.9. The molecule has 0 bridgehead atoms. The molecule has 0 aliphatic rings. The molecule has 0 amide bonds. The number of carbonyl (C=O) groups is 1. The van der Waals surface area contributed by atoms with Crippen LogP contribution in [0.4, 0.5) is 0 Å². The maximum absolute atomic E-state index is 12.4. The van der Waals surface area contributed by atoms with E-state index in [1.165, 1.54) is 4.68 Å². The van der Waals surface area contributed by atoms with Gasteiger partial charge in [0.2, 0.25) is 0 Å². The van der Waals surface area contributed by atoms with E-state index in [9.17, 15) is 14.7 Å². The van der Waals surface area contributed by atoms with E-state index in [-0.39, 0.29) is 11.3 Å². The van der Waals surface area contributed by atoms with Crippen LogP contribution in [-0.4, -0.2) is 20.9 Å². The summed E-state index contributed by atoms with van der Waals surface area (Å²) in [7, 11) is 0. The second kappa shape index (κ2) is 5.49. The summed E-state index contributed by atoms with van der Waals surface area (Å²) in [4.78, 5) is 23.7. The van der Waals surface area contributed by atoms with E-state index in [4.69, 9.17) is 0 Å². The van der Waals surface area contributed by atoms with Gasteiger partial charge in [0, 0.05) is 11.9 Å². The van der Waals surface area contributed by atoms with E-state index in [1.807, 2.05) is 16.8 Å². The highest BCUT2D eigenvalue weighted by atomic mass is 32.1. The molecule has 0 fully saturated rings. The third kappa shape index (κ3) is 2.57. The Morgan fingerprint density at radius 3 is 2.67 bits per heavy atom. The molecule has 5 nitrogen and oxygen atoms in total. The van der Waals surface area contributed by atoms with Crippen molar-refractivity contribution in [2.75, 3.05) is 0 Å². The largest absolute Gasteiger partial charge is 0.476 e. The number of hydrogen-bond donors (Lipinski definition) is 1. The van der Waals surface area contributed by atoms with Crippen LogP contribution in [0.3, 0.4) is 0 Å². The first kappa shape index (κ1) is 13.5. The summed E-state index contributed by atoms with van der Waals surface area (Å²) in [6.07, 6.45) is 0.647. The molecule has 1 aromatic carbocycles. The number of carboxylic acids is 1. The molecule has 0 saturated heterocycles. The molecule has 106 valence electrons. The van der Waals surface area contributed by atoms with E-state index in [0.717, 1.165) is 5.56 Å². The highest BCUT2D eigenvalue weighted by Crippen LogP contribution is 2.13. The van der Waals surface area contributed by atoms with Crippen molar-refractivity contribution < 1.29 is 9.90 Å². The number of carboxylic acid groups (broad SMARTS) is 1. The van der Waals surface area contributed by atoms with Crippen LogP contribution in [0.25, 0.3) is 10.8 Å². The molecule has 3 aromatic rings. The number of aromatic carboxylic acids is 1. The van der Waals surface area contributed by atoms with Gasteiger partial charge in [-0.1, -0.05) is 18.2 Å². The van der Waals surface area contributed by atoms with Crippen LogP contribution in [0.1, 0.15) is 16.1 Å². The first-order valence-corrected chi connectivity index (χ1v) is 7.35. The Kier molecular flexibility index (Phi) is 3.53. The molecule has 0 spiro atoms. The summed E-state index contributed by atoms with van der Waals surface area (Å²) in [5.74, 6) is -1.13. The van der Waals surface area contributed by atoms with Crippen molar-refractivity contribution in [1.29, 1.82) is 0 Å². The maximum atomic E-state index is 12.4. The number of benzene rings is 1. The summed E-state index contributed by atoms with van der Waals surface area (Å²) in [6, 6.07) is 8.64. The summed E-state index contributed by atoms with van der Waals surface area (Å²) in [5, 5.41) is 18.0. The molecule has 21 heavy (non-hydrogen) atoms. The van der Waals surface area contributed by atoms with Gasteiger partial charge in [-0.15, -0.1) is 0 Å². The fourth-order valence-corrected chi connectivity index (χ4v) is 2.92. The lowest BCUT2D eigenvalue weighted by Crippen LogP contribution is -2.26. The van der Waals surface area contributed by atoms with Crippen LogP contribution < -0.4 is 5.56 Å². The molecule has 3 rings (SSSR count). The SMILES string of the molecule is O=C(O)c1nn(CCc2ccsc2)c(=O)c2ccccc12. The molecule has 6 heteroatoms. The Bertz CT molecular complexity index is 853. The Morgan fingerprint density at radius 1 is 1.24 bits per heavy atom. The van der Waals surface area contributed by atoms with E-state index in [1.54, 1.807) is 35.6 Å². The van der Waals surface area contributed by atoms with Gasteiger partial charge >= 0.3 is 5.97 Å². The van der Waals surface area contributed by atoms with Crippen molar-refractivity contribution in [3.8, 4) is 0 Å². The number of thiophene rings is 1. The molecule has 0 aliphatic carbocycles. The van der Waals surface area contributed by atoms with Gasteiger partial charge in [-0.05, 0) is 34.9 Å². The van der Waals surface area contributed by atoms with Gasteiger partial charge in [-0.2, -0.15) is 16.4 Å². The quantitative estimate of drug-likeness (QED) is 0.803. The molecule has 0 radical (unpaired) electrons. The summed E-state index contributed by atoms with van der Waals surface area (Å²) >= 11 is 1.59. The maximum Gasteiger partial charge on any atom is 0.357 e. The number of nitrogens with zero attached hydrogens (tertiary/aromatic N) is 2. The van der Waals surface area contributed by atoms with Gasteiger partial charge in [0.05, 0.1) is 5.39 Å². The Labute approximate surface area is 124 Å². The summed E-state index contributed by atoms with van der Waals surface area (Å²) in [5.41, 5.74) is 0.764. The van der Waals surface area contributed by atoms with Crippen molar-refractivity contribution in [2.24, 2.45) is 0 Å². The third-order valence-electron chi connectivity index (χ3n) is 3.26. The molecule has 0 atom stereocenters. The smallest absolute Gasteiger partial charge is 0.357 e. The summed E-state index contributed by atoms with van der Waals surface area (Å²) < 4.78 is 1.24. The zero-order valence-corrected chi connectivity index (χ0v) is 11.8. The molecule has 0 unspecified atom stereocenters. The third-order valence-corrected chi connectivity index (χ3v) is 3.99. The minimum Gasteiger partial charge on any atom is -0.476 e. The molecule has 0 saturated carbocycles. The molecule has 2 aromatic heterocycles. The van der Waals surface area contributed by atoms with Gasteiger partial charge < -0.3 is 5.11 Å². The van der Waals surface area contributed by atoms with Crippen molar-refractivity contribution in [3.63, 3.8) is 0 Å². The van der Waals surface area contributed by atoms with Crippen molar-refractivity contribution in [3.05, 3.63) is 62.7 Å². The van der Waals surface area contributed by atoms with Crippen molar-refractivity contribution >= 4 is 28.1 Å². The fourth-order valence-electron chi connectivity index (χ4n) is 2.21. The number of aryl methyl sites for hydroxylation is 2. The molecule has 1 N–H and O–H groups in total. The lowest BCUT2D eigenvalue weighted by Gasteiger charge is -2.08. The average molecular weight is 300 g/mol. The standard InChI is InChI=1S/C15H12N2O3S/c18-14-12-4-2-1-3-11(12)13(15(19)20)16-17(14)7-5-10-6-8-21-9-10/h1-4,6,8-9H,5,7H2,(H,19,20). The van der Waals surface area contributed by atoms with Crippen LogP contribution in [0, 0.1) is 0 Å². The van der Waals surface area contributed by atoms with E-state index in [2.05, 4.69) is 5.10 Å². The highest BCUT2D eigenvalue weighted by Gasteiger charge is 2.15. The molecule has 0 aliphatic heterocycles. The first-order chi connectivity index (χ1) is 10.2. The van der Waals surface area contributed by atoms with E-state index < -0.39 is 5.97 Å². The van der Waals surface area contributed by atoms with Gasteiger partial charge in [-0.3, -0.25) is 4.79 Å². The predicted molar refractivity (Wildman–Crippen MR) is 81.0 cm³/mol. The Balaban J connectivity index is 2.08. The Morgan fingerprint density at radius 2 is 2.00 bits per heavy atom. The minimum atomic E-state index is -1.13. The Hall–Kier alpha value is -2.47. The molecular formula is C15H12N2O3S. The van der Waals surface area contributed by atoms with Crippen LogP contribution in [-0.2, 0) is 13.0 Å². The van der Waals surface area contributed by atoms with Crippen LogP contribution in [0.2, 0.25) is 0 Å². The topological polar surface area (TPSA) is 72.2 Å². The molecule has 2 heterocycles. The highest BCUT2D eigenvalue weighted by molar-refractivity contribution is 7.07. The van der Waals surface area contributed by atoms with Crippen LogP contribution in [0.5, 0.6) is 0 Å². The number of fused-ring (bicyclic) bond motifs is 1. The van der Waals surface area contributed by atoms with Gasteiger partial charge in [0.25, 0.3) is 5.56 Å². The van der Waals surface area contributed by atoms with Gasteiger partial charge in [0.15, 0.2) is 5.69 Å². The lowest BCUT2D eigenvalue weighted by atomic mass is 10.1. The minimum absolute atomic E-state index is 0.0875. The lowest BCUT2D eigenvalue weighted by molar-refractivity contribution is 0.0690. The average Bonchev–Trinajstić information content (AvgIpc) is 3.00. The van der Waals surface area contributed by atoms with Gasteiger partial charge in [0.1, 0.15) is 0 Å². The van der Waals surface area contributed by atoms with Gasteiger partial charge in [-0.25, -0.2) is 9.48 Å². The second-order valence-electron chi connectivity index (χ2n) is 4.61. The van der Waals surface area contributed by atoms with Crippen LogP contribution >= 0.6 is 11.3 Å². The van der Waals surface area contributed by atoms with E-state index >= 15 is 0 Å². The van der Waals surface area contributed by atoms with Crippen molar-refractivity contribution in [1.82, 2.24) is 9.78 Å². The van der Waals surface area contributed by atoms with E-state index in [0.29, 0.717) is 23.7 Å². The zero-order chi connectivity index (χ0) is 14.8. The second-order valence-corrected chi connectivity index (χ2v) is 5.39. The summed E-state index contributed by atoms with van der Waals surface area (Å²) in [6.45, 7) is 0.362. The monoisotopic (exact) mass is 300 g/mol. The fraction of sp³-hybridized carbons (Fsp3) is 0.133. The zero-order valence-electron chi connectivity index (χ0n) is 11.0. The predicted octanol–water partition coefficient (Wildman–Crippen LogP) is 2.40. The number of aromatic nitrogens is 2. The number of rotatable bonds is 4.